The van der Waals surface area contributed by atoms with Crippen LogP contribution in [0.15, 0.2) is 24.3 Å². The Hall–Kier alpha value is -1.20. The van der Waals surface area contributed by atoms with E-state index in [1.165, 1.54) is 11.1 Å². The minimum Gasteiger partial charge on any atom is -0.337 e. The maximum atomic E-state index is 12.0. The lowest BCUT2D eigenvalue weighted by Crippen LogP contribution is -2.46. The first-order chi connectivity index (χ1) is 9.83. The number of fused-ring (bicyclic) bond motifs is 1. The van der Waals surface area contributed by atoms with Gasteiger partial charge in [0.15, 0.2) is 0 Å². The van der Waals surface area contributed by atoms with Crippen molar-refractivity contribution < 1.29 is 4.79 Å². The monoisotopic (exact) mass is 291 g/mol. The van der Waals surface area contributed by atoms with E-state index in [1.807, 2.05) is 16.7 Å². The summed E-state index contributed by atoms with van der Waals surface area (Å²) < 4.78 is 0. The molecular formula is C15H21N3OS. The van der Waals surface area contributed by atoms with Crippen molar-refractivity contribution in [3.63, 3.8) is 0 Å². The molecule has 0 saturated carbocycles. The molecule has 3 rings (SSSR count). The number of nitrogens with zero attached hydrogens (tertiary/aromatic N) is 2. The third-order valence-electron chi connectivity index (χ3n) is 3.91. The molecule has 0 spiro atoms. The van der Waals surface area contributed by atoms with E-state index < -0.39 is 0 Å². The molecule has 2 amide bonds. The number of amides is 2. The van der Waals surface area contributed by atoms with Crippen LogP contribution in [-0.2, 0) is 13.1 Å². The number of rotatable bonds is 3. The third-order valence-corrected chi connectivity index (χ3v) is 4.85. The largest absolute Gasteiger partial charge is 0.337 e. The van der Waals surface area contributed by atoms with Crippen LogP contribution < -0.4 is 5.32 Å². The minimum atomic E-state index is 0.0991. The van der Waals surface area contributed by atoms with Crippen molar-refractivity contribution in [2.24, 2.45) is 0 Å². The third kappa shape index (κ3) is 3.27. The molecule has 1 N–H and O–H groups in total. The summed E-state index contributed by atoms with van der Waals surface area (Å²) >= 11 is 1.92. The van der Waals surface area contributed by atoms with E-state index in [0.717, 1.165) is 50.8 Å². The Balaban J connectivity index is 1.39. The number of hydrogen-bond donors (Lipinski definition) is 1. The van der Waals surface area contributed by atoms with Gasteiger partial charge in [0.1, 0.15) is 0 Å². The highest BCUT2D eigenvalue weighted by atomic mass is 32.2. The normalized spacial score (nSPS) is 18.9. The molecule has 0 atom stereocenters. The van der Waals surface area contributed by atoms with Gasteiger partial charge in [-0.1, -0.05) is 24.3 Å². The predicted octanol–water partition coefficient (Wildman–Crippen LogP) is 1.76. The Morgan fingerprint density at radius 2 is 1.80 bits per heavy atom. The zero-order valence-corrected chi connectivity index (χ0v) is 12.5. The van der Waals surface area contributed by atoms with Crippen molar-refractivity contribution in [2.45, 2.75) is 13.1 Å². The van der Waals surface area contributed by atoms with Gasteiger partial charge in [0.05, 0.1) is 0 Å². The minimum absolute atomic E-state index is 0.0991. The van der Waals surface area contributed by atoms with E-state index in [9.17, 15) is 4.79 Å². The highest BCUT2D eigenvalue weighted by molar-refractivity contribution is 7.99. The van der Waals surface area contributed by atoms with Gasteiger partial charge in [0.2, 0.25) is 0 Å². The highest BCUT2D eigenvalue weighted by Gasteiger charge is 2.19. The van der Waals surface area contributed by atoms with Crippen LogP contribution >= 0.6 is 11.8 Å². The van der Waals surface area contributed by atoms with Gasteiger partial charge in [-0.2, -0.15) is 11.8 Å². The molecule has 1 saturated heterocycles. The molecule has 5 heteroatoms. The molecule has 0 unspecified atom stereocenters. The van der Waals surface area contributed by atoms with Crippen LogP contribution in [0.4, 0.5) is 4.79 Å². The van der Waals surface area contributed by atoms with Crippen LogP contribution in [0.2, 0.25) is 0 Å². The van der Waals surface area contributed by atoms with Gasteiger partial charge in [-0.05, 0) is 11.1 Å². The van der Waals surface area contributed by atoms with Crippen LogP contribution in [0, 0.1) is 0 Å². The van der Waals surface area contributed by atoms with Crippen molar-refractivity contribution in [2.75, 3.05) is 37.7 Å². The standard InChI is InChI=1S/C15H21N3OS/c19-15(18-7-9-20-10-8-18)16-5-6-17-11-13-3-1-2-4-14(13)12-17/h1-4H,5-12H2,(H,16,19). The summed E-state index contributed by atoms with van der Waals surface area (Å²) in [4.78, 5) is 16.3. The second-order valence-corrected chi connectivity index (χ2v) is 6.54. The van der Waals surface area contributed by atoms with E-state index in [0.29, 0.717) is 0 Å². The average molecular weight is 291 g/mol. The molecule has 108 valence electrons. The Bertz CT molecular complexity index is 449. The maximum Gasteiger partial charge on any atom is 0.317 e. The van der Waals surface area contributed by atoms with Crippen molar-refractivity contribution in [1.29, 1.82) is 0 Å². The molecule has 0 bridgehead atoms. The molecule has 4 nitrogen and oxygen atoms in total. The Labute approximate surface area is 124 Å². The predicted molar refractivity (Wildman–Crippen MR) is 82.9 cm³/mol. The van der Waals surface area contributed by atoms with Gasteiger partial charge < -0.3 is 10.2 Å². The molecule has 1 aromatic carbocycles. The first-order valence-corrected chi connectivity index (χ1v) is 8.38. The summed E-state index contributed by atoms with van der Waals surface area (Å²) in [5.41, 5.74) is 2.85. The number of nitrogens with one attached hydrogen (secondary N) is 1. The molecular weight excluding hydrogens is 270 g/mol. The molecule has 0 aliphatic carbocycles. The maximum absolute atomic E-state index is 12.0. The van der Waals surface area contributed by atoms with E-state index in [2.05, 4.69) is 34.5 Å². The van der Waals surface area contributed by atoms with E-state index >= 15 is 0 Å². The average Bonchev–Trinajstić information content (AvgIpc) is 2.90. The Morgan fingerprint density at radius 1 is 1.15 bits per heavy atom. The summed E-state index contributed by atoms with van der Waals surface area (Å²) in [6, 6.07) is 8.68. The fourth-order valence-electron chi connectivity index (χ4n) is 2.76. The second kappa shape index (κ2) is 6.50. The topological polar surface area (TPSA) is 35.6 Å². The molecule has 0 radical (unpaired) electrons. The Morgan fingerprint density at radius 3 is 2.45 bits per heavy atom. The number of carbonyl (C=O) groups is 1. The smallest absolute Gasteiger partial charge is 0.317 e. The molecule has 2 aliphatic rings. The van der Waals surface area contributed by atoms with Gasteiger partial charge >= 0.3 is 6.03 Å². The lowest BCUT2D eigenvalue weighted by molar-refractivity contribution is 0.199. The van der Waals surface area contributed by atoms with Crippen LogP contribution in [0.3, 0.4) is 0 Å². The van der Waals surface area contributed by atoms with Gasteiger partial charge in [0, 0.05) is 50.8 Å². The molecule has 2 heterocycles. The fourth-order valence-corrected chi connectivity index (χ4v) is 3.66. The highest BCUT2D eigenvalue weighted by Crippen LogP contribution is 2.21. The lowest BCUT2D eigenvalue weighted by Gasteiger charge is -2.27. The molecule has 0 aromatic heterocycles. The number of benzene rings is 1. The van der Waals surface area contributed by atoms with Crippen LogP contribution in [0.5, 0.6) is 0 Å². The second-order valence-electron chi connectivity index (χ2n) is 5.31. The molecule has 1 aromatic rings. The van der Waals surface area contributed by atoms with E-state index in [4.69, 9.17) is 0 Å². The summed E-state index contributed by atoms with van der Waals surface area (Å²) in [5, 5.41) is 3.04. The summed E-state index contributed by atoms with van der Waals surface area (Å²) in [7, 11) is 0. The van der Waals surface area contributed by atoms with Crippen LogP contribution in [0.25, 0.3) is 0 Å². The summed E-state index contributed by atoms with van der Waals surface area (Å²) in [6.07, 6.45) is 0. The first kappa shape index (κ1) is 13.8. The SMILES string of the molecule is O=C(NCCN1Cc2ccccc2C1)N1CCSCC1. The molecule has 20 heavy (non-hydrogen) atoms. The van der Waals surface area contributed by atoms with Crippen molar-refractivity contribution in [1.82, 2.24) is 15.1 Å². The lowest BCUT2D eigenvalue weighted by atomic mass is 10.1. The zero-order valence-electron chi connectivity index (χ0n) is 11.7. The number of carbonyl (C=O) groups excluding carboxylic acids is 1. The zero-order chi connectivity index (χ0) is 13.8. The van der Waals surface area contributed by atoms with Crippen LogP contribution in [0.1, 0.15) is 11.1 Å². The fraction of sp³-hybridized carbons (Fsp3) is 0.533. The van der Waals surface area contributed by atoms with Gasteiger partial charge in [-0.3, -0.25) is 4.90 Å². The summed E-state index contributed by atoms with van der Waals surface area (Å²) in [5.74, 6) is 2.13. The van der Waals surface area contributed by atoms with Crippen molar-refractivity contribution in [3.05, 3.63) is 35.4 Å². The van der Waals surface area contributed by atoms with Crippen molar-refractivity contribution in [3.8, 4) is 0 Å². The van der Waals surface area contributed by atoms with Gasteiger partial charge in [-0.25, -0.2) is 4.79 Å². The number of thioether (sulfide) groups is 1. The van der Waals surface area contributed by atoms with Gasteiger partial charge in [-0.15, -0.1) is 0 Å². The molecule has 2 aliphatic heterocycles. The van der Waals surface area contributed by atoms with E-state index in [-0.39, 0.29) is 6.03 Å². The number of urea groups is 1. The Kier molecular flexibility index (Phi) is 4.47. The van der Waals surface area contributed by atoms with Crippen molar-refractivity contribution >= 4 is 17.8 Å². The van der Waals surface area contributed by atoms with E-state index in [1.54, 1.807) is 0 Å². The van der Waals surface area contributed by atoms with Gasteiger partial charge in [0.25, 0.3) is 0 Å². The first-order valence-electron chi connectivity index (χ1n) is 7.22. The van der Waals surface area contributed by atoms with Crippen LogP contribution in [-0.4, -0.2) is 53.5 Å². The quantitative estimate of drug-likeness (QED) is 0.922. The summed E-state index contributed by atoms with van der Waals surface area (Å²) in [6.45, 7) is 5.43. The number of hydrogen-bond acceptors (Lipinski definition) is 3. The molecule has 1 fully saturated rings.